The van der Waals surface area contributed by atoms with Crippen LogP contribution in [0.2, 0.25) is 0 Å². The average molecular weight is 459 g/mol. The molecule has 1 fully saturated rings. The number of anilines is 3. The number of nitrogens with one attached hydrogen (secondary N) is 2. The molecule has 3 aromatic rings. The average Bonchev–Trinajstić information content (AvgIpc) is 2.88. The van der Waals surface area contributed by atoms with Gasteiger partial charge in [0.15, 0.2) is 0 Å². The summed E-state index contributed by atoms with van der Waals surface area (Å²) in [6.45, 7) is 9.57. The number of carbonyl (C=O) groups is 1. The van der Waals surface area contributed by atoms with Gasteiger partial charge in [-0.3, -0.25) is 4.79 Å². The van der Waals surface area contributed by atoms with Crippen LogP contribution in [0.25, 0.3) is 0 Å². The lowest BCUT2D eigenvalue weighted by Crippen LogP contribution is -2.46. The predicted octanol–water partition coefficient (Wildman–Crippen LogP) is 4.94. The summed E-state index contributed by atoms with van der Waals surface area (Å²) in [5.74, 6) is 0.494. The minimum Gasteiger partial charge on any atom is -0.495 e. The molecule has 3 aromatic carbocycles. The van der Waals surface area contributed by atoms with Crippen molar-refractivity contribution >= 4 is 23.0 Å². The Bertz CT molecular complexity index is 1080. The molecular formula is C28H34N4O2. The largest absolute Gasteiger partial charge is 0.495 e. The molecular weight excluding hydrogens is 424 g/mol. The molecule has 1 amide bonds. The normalized spacial score (nSPS) is 15.0. The van der Waals surface area contributed by atoms with Crippen LogP contribution in [0.5, 0.6) is 5.75 Å². The lowest BCUT2D eigenvalue weighted by atomic mass is 10.0. The molecule has 1 saturated heterocycles. The van der Waals surface area contributed by atoms with Gasteiger partial charge in [-0.2, -0.15) is 0 Å². The zero-order valence-electron chi connectivity index (χ0n) is 20.3. The van der Waals surface area contributed by atoms with E-state index >= 15 is 0 Å². The van der Waals surface area contributed by atoms with Crippen molar-refractivity contribution in [1.29, 1.82) is 0 Å². The molecule has 1 heterocycles. The minimum atomic E-state index is -0.551. The number of aryl methyl sites for hydroxylation is 1. The molecule has 6 nitrogen and oxygen atoms in total. The van der Waals surface area contributed by atoms with E-state index in [2.05, 4.69) is 51.6 Å². The van der Waals surface area contributed by atoms with Crippen LogP contribution < -0.4 is 20.3 Å². The summed E-state index contributed by atoms with van der Waals surface area (Å²) in [4.78, 5) is 18.3. The number of hydrogen-bond donors (Lipinski definition) is 2. The molecule has 1 aliphatic rings. The van der Waals surface area contributed by atoms with Crippen molar-refractivity contribution in [3.63, 3.8) is 0 Å². The second-order valence-electron chi connectivity index (χ2n) is 8.65. The molecule has 1 atom stereocenters. The fraction of sp³-hybridized carbons (Fsp3) is 0.321. The maximum absolute atomic E-state index is 13.4. The van der Waals surface area contributed by atoms with E-state index in [0.29, 0.717) is 11.4 Å². The maximum atomic E-state index is 13.4. The highest BCUT2D eigenvalue weighted by molar-refractivity contribution is 5.98. The Morgan fingerprint density at radius 2 is 1.68 bits per heavy atom. The lowest BCUT2D eigenvalue weighted by Gasteiger charge is -2.35. The van der Waals surface area contributed by atoms with Gasteiger partial charge in [0.05, 0.1) is 12.8 Å². The quantitative estimate of drug-likeness (QED) is 0.501. The zero-order valence-corrected chi connectivity index (χ0v) is 20.3. The van der Waals surface area contributed by atoms with Gasteiger partial charge < -0.3 is 25.2 Å². The van der Waals surface area contributed by atoms with Crippen LogP contribution >= 0.6 is 0 Å². The fourth-order valence-corrected chi connectivity index (χ4v) is 4.33. The van der Waals surface area contributed by atoms with Gasteiger partial charge in [0, 0.05) is 37.6 Å². The van der Waals surface area contributed by atoms with E-state index in [4.69, 9.17) is 4.74 Å². The van der Waals surface area contributed by atoms with Crippen LogP contribution in [0.3, 0.4) is 0 Å². The molecule has 2 N–H and O–H groups in total. The van der Waals surface area contributed by atoms with Crippen molar-refractivity contribution in [2.45, 2.75) is 19.9 Å². The number of nitrogens with zero attached hydrogens (tertiary/aromatic N) is 2. The fourth-order valence-electron chi connectivity index (χ4n) is 4.33. The standard InChI is InChI=1S/C28H34N4O2/c1-4-31-16-18-32(19-17-31)24-13-11-23(12-14-24)29-27(22-8-6-5-7-9-22)28(33)30-25-20-21(2)10-15-26(25)34-3/h5-15,20,27,29H,4,16-19H2,1-3H3,(H,30,33)/t27-/m1/s1. The van der Waals surface area contributed by atoms with Crippen LogP contribution in [-0.4, -0.2) is 50.6 Å². The third-order valence-corrected chi connectivity index (χ3v) is 6.37. The number of carbonyl (C=O) groups excluding carboxylic acids is 1. The topological polar surface area (TPSA) is 56.8 Å². The Kier molecular flexibility index (Phi) is 7.70. The Labute approximate surface area is 202 Å². The summed E-state index contributed by atoms with van der Waals surface area (Å²) < 4.78 is 5.45. The predicted molar refractivity (Wildman–Crippen MR) is 140 cm³/mol. The second kappa shape index (κ2) is 11.1. The molecule has 1 aliphatic heterocycles. The molecule has 34 heavy (non-hydrogen) atoms. The summed E-state index contributed by atoms with van der Waals surface area (Å²) in [7, 11) is 1.61. The molecule has 6 heteroatoms. The van der Waals surface area contributed by atoms with Gasteiger partial charge in [-0.1, -0.05) is 43.3 Å². The molecule has 0 spiro atoms. The Hall–Kier alpha value is -3.51. The van der Waals surface area contributed by atoms with Crippen molar-refractivity contribution in [3.8, 4) is 5.75 Å². The molecule has 0 bridgehead atoms. The summed E-state index contributed by atoms with van der Waals surface area (Å²) in [6, 6.07) is 23.4. The lowest BCUT2D eigenvalue weighted by molar-refractivity contribution is -0.117. The van der Waals surface area contributed by atoms with Crippen LogP contribution in [0.4, 0.5) is 17.1 Å². The van der Waals surface area contributed by atoms with Gasteiger partial charge in [0.1, 0.15) is 11.8 Å². The van der Waals surface area contributed by atoms with E-state index in [0.717, 1.165) is 49.5 Å². The van der Waals surface area contributed by atoms with Gasteiger partial charge in [-0.15, -0.1) is 0 Å². The first-order valence-electron chi connectivity index (χ1n) is 11.9. The summed E-state index contributed by atoms with van der Waals surface area (Å²) >= 11 is 0. The second-order valence-corrected chi connectivity index (χ2v) is 8.65. The van der Waals surface area contributed by atoms with E-state index in [-0.39, 0.29) is 5.91 Å². The molecule has 0 unspecified atom stereocenters. The van der Waals surface area contributed by atoms with Crippen molar-refractivity contribution in [3.05, 3.63) is 83.9 Å². The van der Waals surface area contributed by atoms with Crippen molar-refractivity contribution in [2.24, 2.45) is 0 Å². The highest BCUT2D eigenvalue weighted by Gasteiger charge is 2.22. The molecule has 4 rings (SSSR count). The van der Waals surface area contributed by atoms with Crippen LogP contribution in [-0.2, 0) is 4.79 Å². The van der Waals surface area contributed by atoms with Gasteiger partial charge in [0.2, 0.25) is 0 Å². The number of rotatable bonds is 8. The Balaban J connectivity index is 1.51. The summed E-state index contributed by atoms with van der Waals surface area (Å²) in [5.41, 5.74) is 4.72. The van der Waals surface area contributed by atoms with E-state index in [9.17, 15) is 4.79 Å². The Morgan fingerprint density at radius 3 is 2.32 bits per heavy atom. The number of likely N-dealkylation sites (N-methyl/N-ethyl adjacent to an activating group) is 1. The van der Waals surface area contributed by atoms with Crippen LogP contribution in [0, 0.1) is 6.92 Å². The minimum absolute atomic E-state index is 0.144. The van der Waals surface area contributed by atoms with E-state index in [1.165, 1.54) is 5.69 Å². The third-order valence-electron chi connectivity index (χ3n) is 6.37. The zero-order chi connectivity index (χ0) is 23.9. The summed E-state index contributed by atoms with van der Waals surface area (Å²) in [6.07, 6.45) is 0. The van der Waals surface area contributed by atoms with Gasteiger partial charge in [0.25, 0.3) is 5.91 Å². The number of methoxy groups -OCH3 is 1. The van der Waals surface area contributed by atoms with Crippen LogP contribution in [0.1, 0.15) is 24.1 Å². The van der Waals surface area contributed by atoms with Gasteiger partial charge in [-0.25, -0.2) is 0 Å². The number of amides is 1. The van der Waals surface area contributed by atoms with Crippen molar-refractivity contribution in [2.75, 3.05) is 55.4 Å². The smallest absolute Gasteiger partial charge is 0.251 e. The molecule has 0 aromatic heterocycles. The SMILES string of the molecule is CCN1CCN(c2ccc(N[C@@H](C(=O)Nc3cc(C)ccc3OC)c3ccccc3)cc2)CC1. The Morgan fingerprint density at radius 1 is 0.971 bits per heavy atom. The van der Waals surface area contributed by atoms with Crippen molar-refractivity contribution in [1.82, 2.24) is 4.90 Å². The first-order valence-corrected chi connectivity index (χ1v) is 11.9. The number of piperazine rings is 1. The van der Waals surface area contributed by atoms with Gasteiger partial charge in [-0.05, 0) is 61.0 Å². The molecule has 0 radical (unpaired) electrons. The van der Waals surface area contributed by atoms with Crippen LogP contribution in [0.15, 0.2) is 72.8 Å². The van der Waals surface area contributed by atoms with E-state index in [1.54, 1.807) is 7.11 Å². The molecule has 0 aliphatic carbocycles. The highest BCUT2D eigenvalue weighted by Crippen LogP contribution is 2.28. The molecule has 178 valence electrons. The molecule has 0 saturated carbocycles. The van der Waals surface area contributed by atoms with E-state index < -0.39 is 6.04 Å². The van der Waals surface area contributed by atoms with Crippen molar-refractivity contribution < 1.29 is 9.53 Å². The van der Waals surface area contributed by atoms with Gasteiger partial charge >= 0.3 is 0 Å². The number of hydrogen-bond acceptors (Lipinski definition) is 5. The van der Waals surface area contributed by atoms with E-state index in [1.807, 2.05) is 55.5 Å². The highest BCUT2D eigenvalue weighted by atomic mass is 16.5. The first-order chi connectivity index (χ1) is 16.6. The number of ether oxygens (including phenoxy) is 1. The summed E-state index contributed by atoms with van der Waals surface area (Å²) in [5, 5.41) is 6.49. The monoisotopic (exact) mass is 458 g/mol. The third kappa shape index (κ3) is 5.69. The maximum Gasteiger partial charge on any atom is 0.251 e. The number of benzene rings is 3. The first kappa shape index (κ1) is 23.6.